The Morgan fingerprint density at radius 3 is 1.64 bits per heavy atom. The first kappa shape index (κ1) is 30.3. The maximum Gasteiger partial charge on any atom is 0.131 e. The highest BCUT2D eigenvalue weighted by Crippen LogP contribution is 2.50. The number of fused-ring (bicyclic) bond motifs is 12. The Morgan fingerprint density at radius 2 is 0.929 bits per heavy atom. The molecule has 0 spiro atoms. The lowest BCUT2D eigenvalue weighted by atomic mass is 10.0. The number of rotatable bonds is 3. The average molecular weight is 730 g/mol. The monoisotopic (exact) mass is 729 g/mol. The summed E-state index contributed by atoms with van der Waals surface area (Å²) in [5.41, 5.74) is 12.1. The lowest BCUT2D eigenvalue weighted by Gasteiger charge is -2.22. The van der Waals surface area contributed by atoms with Gasteiger partial charge in [0.05, 0.1) is 27.8 Å². The van der Waals surface area contributed by atoms with E-state index in [0.717, 1.165) is 5.69 Å². The molecule has 3 aromatic heterocycles. The lowest BCUT2D eigenvalue weighted by Crippen LogP contribution is -2.05. The van der Waals surface area contributed by atoms with E-state index in [4.69, 9.17) is 0 Å². The summed E-state index contributed by atoms with van der Waals surface area (Å²) in [5, 5.41) is 11.5. The summed E-state index contributed by atoms with van der Waals surface area (Å²) in [6, 6.07) is 69.4. The zero-order chi connectivity index (χ0) is 36.5. The Balaban J connectivity index is 0.980. The number of nitrogens with zero attached hydrogens (tertiary/aromatic N) is 3. The minimum absolute atomic E-state index is 1.16. The third-order valence-electron chi connectivity index (χ3n) is 11.9. The molecular weight excluding hydrogens is 699 g/mol. The van der Waals surface area contributed by atoms with Crippen molar-refractivity contribution in [1.82, 2.24) is 13.7 Å². The Bertz CT molecular complexity index is 3510. The first-order valence-electron chi connectivity index (χ1n) is 19.2. The molecule has 56 heavy (non-hydrogen) atoms. The van der Waals surface area contributed by atoms with Crippen molar-refractivity contribution < 1.29 is 0 Å². The lowest BCUT2D eigenvalue weighted by molar-refractivity contribution is 1.03. The van der Waals surface area contributed by atoms with Gasteiger partial charge in [-0.05, 0) is 105 Å². The van der Waals surface area contributed by atoms with E-state index in [9.17, 15) is 0 Å². The highest BCUT2D eigenvalue weighted by molar-refractivity contribution is 7.99. The van der Waals surface area contributed by atoms with Crippen LogP contribution in [0.5, 0.6) is 0 Å². The van der Waals surface area contributed by atoms with Gasteiger partial charge in [0.15, 0.2) is 0 Å². The van der Waals surface area contributed by atoms with Crippen LogP contribution in [0.4, 0.5) is 0 Å². The van der Waals surface area contributed by atoms with Gasteiger partial charge in [-0.1, -0.05) is 127 Å². The van der Waals surface area contributed by atoms with Crippen LogP contribution in [0.2, 0.25) is 0 Å². The molecule has 0 atom stereocenters. The SMILES string of the molecule is c1ccc(-n2c3ccccc3c3c4cccc5c4n(c32)-c2ccc(-c3ccc(-n4c6cc7ccccc7cc6c6cc7ccccc7cc64)cc3)cc2S5)cc1. The molecule has 4 heteroatoms. The van der Waals surface area contributed by atoms with Crippen LogP contribution in [0.1, 0.15) is 0 Å². The molecule has 0 radical (unpaired) electrons. The van der Waals surface area contributed by atoms with Crippen LogP contribution >= 0.6 is 11.8 Å². The topological polar surface area (TPSA) is 14.8 Å². The van der Waals surface area contributed by atoms with E-state index >= 15 is 0 Å². The number of hydrogen-bond donors (Lipinski definition) is 0. The Morgan fingerprint density at radius 1 is 0.339 bits per heavy atom. The molecule has 0 unspecified atom stereocenters. The molecule has 13 rings (SSSR count). The zero-order valence-corrected chi connectivity index (χ0v) is 31.0. The highest BCUT2D eigenvalue weighted by atomic mass is 32.2. The van der Waals surface area contributed by atoms with E-state index in [2.05, 4.69) is 202 Å². The summed E-state index contributed by atoms with van der Waals surface area (Å²) in [5.74, 6) is 0. The summed E-state index contributed by atoms with van der Waals surface area (Å²) in [7, 11) is 0. The maximum absolute atomic E-state index is 2.52. The van der Waals surface area contributed by atoms with Gasteiger partial charge in [-0.3, -0.25) is 9.13 Å². The summed E-state index contributed by atoms with van der Waals surface area (Å²) < 4.78 is 7.41. The van der Waals surface area contributed by atoms with Crippen LogP contribution in [-0.4, -0.2) is 13.7 Å². The molecule has 0 fully saturated rings. The number of para-hydroxylation sites is 3. The molecule has 3 nitrogen and oxygen atoms in total. The van der Waals surface area contributed by atoms with E-state index in [0.29, 0.717) is 0 Å². The smallest absolute Gasteiger partial charge is 0.131 e. The van der Waals surface area contributed by atoms with Crippen LogP contribution in [0.25, 0.3) is 104 Å². The van der Waals surface area contributed by atoms with Crippen molar-refractivity contribution in [1.29, 1.82) is 0 Å². The Kier molecular flexibility index (Phi) is 6.10. The second-order valence-corrected chi connectivity index (χ2v) is 16.1. The fraction of sp³-hybridized carbons (Fsp3) is 0. The molecule has 1 aliphatic heterocycles. The number of benzene rings is 9. The first-order valence-corrected chi connectivity index (χ1v) is 20.0. The third-order valence-corrected chi connectivity index (χ3v) is 13.0. The molecule has 0 saturated carbocycles. The van der Waals surface area contributed by atoms with E-state index in [1.165, 1.54) is 108 Å². The number of aromatic nitrogens is 3. The molecule has 0 bridgehead atoms. The van der Waals surface area contributed by atoms with Crippen molar-refractivity contribution in [2.45, 2.75) is 9.79 Å². The zero-order valence-electron chi connectivity index (χ0n) is 30.1. The predicted octanol–water partition coefficient (Wildman–Crippen LogP) is 14.3. The molecule has 12 aromatic rings. The van der Waals surface area contributed by atoms with Gasteiger partial charge in [0.25, 0.3) is 0 Å². The van der Waals surface area contributed by atoms with Gasteiger partial charge < -0.3 is 4.57 Å². The van der Waals surface area contributed by atoms with Crippen molar-refractivity contribution in [2.24, 2.45) is 0 Å². The van der Waals surface area contributed by atoms with E-state index < -0.39 is 0 Å². The highest BCUT2D eigenvalue weighted by Gasteiger charge is 2.28. The molecule has 0 N–H and O–H groups in total. The maximum atomic E-state index is 2.52. The quantitative estimate of drug-likeness (QED) is 0.177. The summed E-state index contributed by atoms with van der Waals surface area (Å²) in [6.07, 6.45) is 0. The third kappa shape index (κ3) is 4.14. The van der Waals surface area contributed by atoms with E-state index in [1.54, 1.807) is 0 Å². The van der Waals surface area contributed by atoms with Gasteiger partial charge >= 0.3 is 0 Å². The molecule has 0 amide bonds. The van der Waals surface area contributed by atoms with Gasteiger partial charge in [0.2, 0.25) is 0 Å². The van der Waals surface area contributed by atoms with Crippen molar-refractivity contribution in [3.8, 4) is 28.2 Å². The molecule has 0 saturated heterocycles. The first-order chi connectivity index (χ1) is 27.8. The molecule has 260 valence electrons. The molecule has 0 aliphatic carbocycles. The fourth-order valence-electron chi connectivity index (χ4n) is 9.47. The van der Waals surface area contributed by atoms with Crippen molar-refractivity contribution in [3.05, 3.63) is 188 Å². The fourth-order valence-corrected chi connectivity index (χ4v) is 10.6. The van der Waals surface area contributed by atoms with Crippen molar-refractivity contribution >= 4 is 88.0 Å². The van der Waals surface area contributed by atoms with Crippen LogP contribution in [0.15, 0.2) is 198 Å². The van der Waals surface area contributed by atoms with Crippen molar-refractivity contribution in [3.63, 3.8) is 0 Å². The Labute approximate surface area is 326 Å². The predicted molar refractivity (Wildman–Crippen MR) is 237 cm³/mol. The molecular formula is C52H31N3S. The molecule has 1 aliphatic rings. The molecule has 4 heterocycles. The van der Waals surface area contributed by atoms with Crippen LogP contribution in [-0.2, 0) is 0 Å². The van der Waals surface area contributed by atoms with Gasteiger partial charge in [-0.2, -0.15) is 0 Å². The Hall–Kier alpha value is -7.01. The summed E-state index contributed by atoms with van der Waals surface area (Å²) in [4.78, 5) is 2.55. The second kappa shape index (κ2) is 11.3. The van der Waals surface area contributed by atoms with Gasteiger partial charge in [0, 0.05) is 48.1 Å². The summed E-state index contributed by atoms with van der Waals surface area (Å²) in [6.45, 7) is 0. The van der Waals surface area contributed by atoms with E-state index in [-0.39, 0.29) is 0 Å². The van der Waals surface area contributed by atoms with Gasteiger partial charge in [0.1, 0.15) is 5.65 Å². The normalized spacial score (nSPS) is 12.6. The minimum Gasteiger partial charge on any atom is -0.309 e. The average Bonchev–Trinajstić information content (AvgIpc) is 3.88. The summed E-state index contributed by atoms with van der Waals surface area (Å²) >= 11 is 1.88. The molecule has 9 aromatic carbocycles. The number of hydrogen-bond acceptors (Lipinski definition) is 1. The van der Waals surface area contributed by atoms with Crippen LogP contribution in [0.3, 0.4) is 0 Å². The van der Waals surface area contributed by atoms with Crippen LogP contribution < -0.4 is 0 Å². The van der Waals surface area contributed by atoms with E-state index in [1.807, 2.05) is 11.8 Å². The largest absolute Gasteiger partial charge is 0.309 e. The van der Waals surface area contributed by atoms with Gasteiger partial charge in [-0.25, -0.2) is 0 Å². The minimum atomic E-state index is 1.16. The van der Waals surface area contributed by atoms with Gasteiger partial charge in [-0.15, -0.1) is 0 Å². The second-order valence-electron chi connectivity index (χ2n) is 15.0. The standard InChI is InChI=1S/C52H31N3S/c1-2-15-38(16-3-1)54-44-19-9-8-17-40(44)50-41-18-10-20-48-51(41)55(52(50)54)45-26-23-37(31-49(45)56-48)32-21-24-39(25-22-32)53-46-29-35-13-6-4-11-33(35)27-42(46)43-28-34-12-5-7-14-36(34)30-47(43)53/h1-31H. The van der Waals surface area contributed by atoms with Crippen LogP contribution in [0, 0.1) is 0 Å². The van der Waals surface area contributed by atoms with Crippen molar-refractivity contribution in [2.75, 3.05) is 0 Å².